The predicted octanol–water partition coefficient (Wildman–Crippen LogP) is 2.99. The molecule has 2 rings (SSSR count). The van der Waals surface area contributed by atoms with Crippen LogP contribution in [0.5, 0.6) is 0 Å². The molecule has 2 saturated carbocycles. The zero-order valence-corrected chi connectivity index (χ0v) is 12.4. The summed E-state index contributed by atoms with van der Waals surface area (Å²) in [5, 5.41) is 6.62. The third-order valence-corrected chi connectivity index (χ3v) is 4.95. The molecular weight excluding hydrogens is 236 g/mol. The minimum atomic E-state index is 0.199. The maximum Gasteiger partial charge on any atom is 0.234 e. The van der Waals surface area contributed by atoms with Crippen LogP contribution in [-0.4, -0.2) is 24.5 Å². The van der Waals surface area contributed by atoms with Gasteiger partial charge in [0.15, 0.2) is 0 Å². The molecule has 0 atom stereocenters. The Morgan fingerprint density at radius 1 is 0.947 bits per heavy atom. The van der Waals surface area contributed by atoms with Gasteiger partial charge in [0.25, 0.3) is 0 Å². The quantitative estimate of drug-likeness (QED) is 0.803. The van der Waals surface area contributed by atoms with E-state index in [9.17, 15) is 4.79 Å². The third-order valence-electron chi connectivity index (χ3n) is 4.95. The first-order chi connectivity index (χ1) is 9.28. The molecule has 3 nitrogen and oxygen atoms in total. The first-order valence-corrected chi connectivity index (χ1v) is 8.30. The Morgan fingerprint density at radius 2 is 1.63 bits per heavy atom. The molecular formula is C16H30N2O. The van der Waals surface area contributed by atoms with Crippen molar-refractivity contribution in [3.63, 3.8) is 0 Å². The summed E-state index contributed by atoms with van der Waals surface area (Å²) in [5.41, 5.74) is 0. The summed E-state index contributed by atoms with van der Waals surface area (Å²) in [7, 11) is 0. The molecule has 3 heteroatoms. The lowest BCUT2D eigenvalue weighted by Gasteiger charge is -2.29. The number of nitrogens with one attached hydrogen (secondary N) is 2. The van der Waals surface area contributed by atoms with Crippen molar-refractivity contribution in [3.05, 3.63) is 0 Å². The molecule has 0 radical (unpaired) electrons. The van der Waals surface area contributed by atoms with Gasteiger partial charge in [-0.2, -0.15) is 0 Å². The highest BCUT2D eigenvalue weighted by atomic mass is 16.1. The first kappa shape index (κ1) is 14.8. The van der Waals surface area contributed by atoms with Gasteiger partial charge in [-0.1, -0.05) is 32.6 Å². The maximum atomic E-state index is 11.9. The van der Waals surface area contributed by atoms with Gasteiger partial charge in [0, 0.05) is 12.1 Å². The number of amides is 1. The van der Waals surface area contributed by atoms with Crippen molar-refractivity contribution in [2.75, 3.05) is 6.54 Å². The van der Waals surface area contributed by atoms with E-state index in [1.165, 1.54) is 64.2 Å². The van der Waals surface area contributed by atoms with Gasteiger partial charge in [-0.05, 0) is 44.4 Å². The number of hydrogen-bond acceptors (Lipinski definition) is 2. The molecule has 0 aromatic carbocycles. The van der Waals surface area contributed by atoms with Gasteiger partial charge in [-0.15, -0.1) is 0 Å². The molecule has 0 aromatic rings. The molecule has 0 saturated heterocycles. The van der Waals surface area contributed by atoms with E-state index >= 15 is 0 Å². The largest absolute Gasteiger partial charge is 0.352 e. The second-order valence-corrected chi connectivity index (χ2v) is 6.41. The Morgan fingerprint density at radius 3 is 2.26 bits per heavy atom. The smallest absolute Gasteiger partial charge is 0.234 e. The van der Waals surface area contributed by atoms with Crippen LogP contribution in [-0.2, 0) is 4.79 Å². The summed E-state index contributed by atoms with van der Waals surface area (Å²) in [6, 6.07) is 1.01. The average Bonchev–Trinajstić information content (AvgIpc) is 2.47. The van der Waals surface area contributed by atoms with Gasteiger partial charge in [0.05, 0.1) is 6.54 Å². The van der Waals surface area contributed by atoms with Gasteiger partial charge in [0.2, 0.25) is 5.91 Å². The Labute approximate surface area is 117 Å². The molecule has 2 fully saturated rings. The number of rotatable bonds is 5. The van der Waals surface area contributed by atoms with Crippen LogP contribution in [0.15, 0.2) is 0 Å². The topological polar surface area (TPSA) is 41.1 Å². The summed E-state index contributed by atoms with van der Waals surface area (Å²) in [6.07, 6.45) is 12.7. The van der Waals surface area contributed by atoms with Crippen molar-refractivity contribution >= 4 is 5.91 Å². The standard InChI is InChI=1S/C16H30N2O/c1-2-13-8-10-14(11-9-13)17-12-16(19)18-15-6-4-3-5-7-15/h13-15,17H,2-12H2,1H3,(H,18,19). The van der Waals surface area contributed by atoms with Gasteiger partial charge in [-0.25, -0.2) is 0 Å². The molecule has 2 N–H and O–H groups in total. The number of carbonyl (C=O) groups is 1. The van der Waals surface area contributed by atoms with Gasteiger partial charge in [-0.3, -0.25) is 4.79 Å². The van der Waals surface area contributed by atoms with E-state index in [-0.39, 0.29) is 5.91 Å². The monoisotopic (exact) mass is 266 g/mol. The summed E-state index contributed by atoms with van der Waals surface area (Å²) in [6.45, 7) is 2.80. The SMILES string of the molecule is CCC1CCC(NCC(=O)NC2CCCCC2)CC1. The molecule has 0 aliphatic heterocycles. The van der Waals surface area contributed by atoms with Crippen LogP contribution in [0.25, 0.3) is 0 Å². The Balaban J connectivity index is 1.58. The highest BCUT2D eigenvalue weighted by molar-refractivity contribution is 5.78. The van der Waals surface area contributed by atoms with E-state index in [1.807, 2.05) is 0 Å². The van der Waals surface area contributed by atoms with E-state index in [0.717, 1.165) is 5.92 Å². The normalized spacial score (nSPS) is 29.1. The summed E-state index contributed by atoms with van der Waals surface area (Å²) >= 11 is 0. The van der Waals surface area contributed by atoms with Crippen LogP contribution in [0.3, 0.4) is 0 Å². The van der Waals surface area contributed by atoms with E-state index in [1.54, 1.807) is 0 Å². The van der Waals surface area contributed by atoms with Crippen LogP contribution in [0, 0.1) is 5.92 Å². The molecule has 0 unspecified atom stereocenters. The Kier molecular flexibility index (Phi) is 6.15. The lowest BCUT2D eigenvalue weighted by Crippen LogP contribution is -2.44. The summed E-state index contributed by atoms with van der Waals surface area (Å²) in [4.78, 5) is 11.9. The van der Waals surface area contributed by atoms with Crippen molar-refractivity contribution in [2.45, 2.75) is 83.2 Å². The second kappa shape index (κ2) is 7.88. The third kappa shape index (κ3) is 5.13. The van der Waals surface area contributed by atoms with Crippen LogP contribution in [0.2, 0.25) is 0 Å². The minimum Gasteiger partial charge on any atom is -0.352 e. The van der Waals surface area contributed by atoms with E-state index < -0.39 is 0 Å². The van der Waals surface area contributed by atoms with E-state index in [0.29, 0.717) is 18.6 Å². The molecule has 2 aliphatic rings. The highest BCUT2D eigenvalue weighted by Gasteiger charge is 2.21. The van der Waals surface area contributed by atoms with Crippen LogP contribution in [0.4, 0.5) is 0 Å². The van der Waals surface area contributed by atoms with E-state index in [2.05, 4.69) is 17.6 Å². The first-order valence-electron chi connectivity index (χ1n) is 8.30. The Hall–Kier alpha value is -0.570. The fraction of sp³-hybridized carbons (Fsp3) is 0.938. The van der Waals surface area contributed by atoms with Crippen molar-refractivity contribution in [2.24, 2.45) is 5.92 Å². The second-order valence-electron chi connectivity index (χ2n) is 6.41. The fourth-order valence-corrected chi connectivity index (χ4v) is 3.54. The van der Waals surface area contributed by atoms with Crippen molar-refractivity contribution in [3.8, 4) is 0 Å². The van der Waals surface area contributed by atoms with Gasteiger partial charge < -0.3 is 10.6 Å². The summed E-state index contributed by atoms with van der Waals surface area (Å²) < 4.78 is 0. The molecule has 19 heavy (non-hydrogen) atoms. The molecule has 1 amide bonds. The maximum absolute atomic E-state index is 11.9. The average molecular weight is 266 g/mol. The van der Waals surface area contributed by atoms with Crippen LogP contribution in [0.1, 0.15) is 71.1 Å². The van der Waals surface area contributed by atoms with E-state index in [4.69, 9.17) is 0 Å². The Bertz CT molecular complexity index is 266. The highest BCUT2D eigenvalue weighted by Crippen LogP contribution is 2.26. The zero-order valence-electron chi connectivity index (χ0n) is 12.4. The predicted molar refractivity (Wildman–Crippen MR) is 79.1 cm³/mol. The minimum absolute atomic E-state index is 0.199. The molecule has 2 aliphatic carbocycles. The molecule has 110 valence electrons. The fourth-order valence-electron chi connectivity index (χ4n) is 3.54. The lowest BCUT2D eigenvalue weighted by atomic mass is 9.84. The number of hydrogen-bond donors (Lipinski definition) is 2. The molecule has 0 bridgehead atoms. The van der Waals surface area contributed by atoms with Crippen molar-refractivity contribution < 1.29 is 4.79 Å². The number of carbonyl (C=O) groups excluding carboxylic acids is 1. The van der Waals surface area contributed by atoms with Gasteiger partial charge in [0.1, 0.15) is 0 Å². The lowest BCUT2D eigenvalue weighted by molar-refractivity contribution is -0.121. The zero-order chi connectivity index (χ0) is 13.5. The van der Waals surface area contributed by atoms with Crippen molar-refractivity contribution in [1.29, 1.82) is 0 Å². The molecule has 0 aromatic heterocycles. The molecule has 0 spiro atoms. The summed E-state index contributed by atoms with van der Waals surface area (Å²) in [5.74, 6) is 1.12. The van der Waals surface area contributed by atoms with Crippen LogP contribution >= 0.6 is 0 Å². The van der Waals surface area contributed by atoms with Crippen LogP contribution < -0.4 is 10.6 Å². The van der Waals surface area contributed by atoms with Gasteiger partial charge >= 0.3 is 0 Å². The van der Waals surface area contributed by atoms with Crippen molar-refractivity contribution in [1.82, 2.24) is 10.6 Å². The molecule has 0 heterocycles.